The first-order valence-electron chi connectivity index (χ1n) is 20.7. The number of carbonyl (C=O) groups excluding carboxylic acids is 4. The molecule has 10 heteroatoms. The first-order chi connectivity index (χ1) is 25.0. The fourth-order valence-corrected chi connectivity index (χ4v) is 13.6. The van der Waals surface area contributed by atoms with E-state index in [4.69, 9.17) is 23.7 Å². The van der Waals surface area contributed by atoms with E-state index in [9.17, 15) is 24.3 Å². The Labute approximate surface area is 323 Å². The van der Waals surface area contributed by atoms with Gasteiger partial charge in [-0.25, -0.2) is 0 Å². The van der Waals surface area contributed by atoms with E-state index < -0.39 is 54.4 Å². The van der Waals surface area contributed by atoms with Crippen LogP contribution in [0.25, 0.3) is 0 Å². The number of hydrogen-bond acceptors (Lipinski definition) is 10. The largest absolute Gasteiger partial charge is 0.463 e. The molecule has 13 atom stereocenters. The van der Waals surface area contributed by atoms with Crippen LogP contribution >= 0.6 is 0 Å². The molecule has 54 heavy (non-hydrogen) atoms. The van der Waals surface area contributed by atoms with Gasteiger partial charge >= 0.3 is 23.9 Å². The van der Waals surface area contributed by atoms with Crippen LogP contribution in [0.4, 0.5) is 0 Å². The zero-order valence-corrected chi connectivity index (χ0v) is 34.9. The first-order valence-corrected chi connectivity index (χ1v) is 20.7. The number of ether oxygens (including phenoxy) is 5. The summed E-state index contributed by atoms with van der Waals surface area (Å²) in [7, 11) is 0. The Bertz CT molecular complexity index is 1530. The van der Waals surface area contributed by atoms with Gasteiger partial charge in [0.2, 0.25) is 0 Å². The summed E-state index contributed by atoms with van der Waals surface area (Å²) in [6.45, 7) is 22.0. The number of aliphatic hydroxyl groups is 1. The molecule has 6 rings (SSSR count). The van der Waals surface area contributed by atoms with Gasteiger partial charge < -0.3 is 28.8 Å². The lowest BCUT2D eigenvalue weighted by Crippen LogP contribution is -2.65. The van der Waals surface area contributed by atoms with Crippen LogP contribution in [0, 0.1) is 50.2 Å². The van der Waals surface area contributed by atoms with Gasteiger partial charge in [0.05, 0.1) is 12.2 Å². The highest BCUT2D eigenvalue weighted by Gasteiger charge is 2.69. The SMILES string of the molecule is CC(=O)OCC1O[C@H](C[C@]23CCC(C)(C)CC2C2=CCC4[C@@]5(C)CC[C@H](O)C(C)(C)C5CC[C@@]4(C)[C@]2(C)CC3)C(OC(C)=O)[C@@H](OC(C)=O)[C@@H]1OC(C)=O. The van der Waals surface area contributed by atoms with Gasteiger partial charge in [-0.2, -0.15) is 0 Å². The minimum atomic E-state index is -1.15. The third-order valence-corrected chi connectivity index (χ3v) is 16.5. The lowest BCUT2D eigenvalue weighted by atomic mass is 9.33. The number of esters is 4. The van der Waals surface area contributed by atoms with Crippen LogP contribution in [0.1, 0.15) is 147 Å². The number of fused-ring (bicyclic) bond motifs is 7. The summed E-state index contributed by atoms with van der Waals surface area (Å²) in [6, 6.07) is 0. The molecule has 0 bridgehead atoms. The quantitative estimate of drug-likeness (QED) is 0.157. The maximum atomic E-state index is 12.7. The second-order valence-corrected chi connectivity index (χ2v) is 20.4. The molecular formula is C44H68O10. The molecule has 0 aromatic heterocycles. The van der Waals surface area contributed by atoms with Gasteiger partial charge in [-0.1, -0.05) is 60.1 Å². The topological polar surface area (TPSA) is 135 Å². The Morgan fingerprint density at radius 2 is 1.31 bits per heavy atom. The molecule has 0 aromatic carbocycles. The summed E-state index contributed by atoms with van der Waals surface area (Å²) in [5.41, 5.74) is 1.64. The van der Waals surface area contributed by atoms with E-state index in [1.165, 1.54) is 27.7 Å². The third kappa shape index (κ3) is 6.85. The van der Waals surface area contributed by atoms with Crippen LogP contribution in [-0.4, -0.2) is 72.2 Å². The van der Waals surface area contributed by atoms with Crippen molar-refractivity contribution in [1.82, 2.24) is 0 Å². The van der Waals surface area contributed by atoms with Crippen LogP contribution in [0.5, 0.6) is 0 Å². The molecule has 304 valence electrons. The Kier molecular flexibility index (Phi) is 10.8. The highest BCUT2D eigenvalue weighted by molar-refractivity contribution is 5.68. The summed E-state index contributed by atoms with van der Waals surface area (Å²) < 4.78 is 29.7. The standard InChI is InChI=1S/C44H68O10/c1-25(45)50-24-32-37(52-27(3)47)38(53-28(4)48)36(51-26(2)46)31(54-32)23-44-20-18-39(5,6)22-30(44)29-12-13-34-41(9)16-15-35(49)40(7,8)33(41)14-17-43(34,11)42(29,10)19-21-44/h12,30-38,49H,13-24H2,1-11H3/t30?,31-,32?,33?,34?,35+,36?,37-,38-,41+,42-,43-,44-/m1/s1. The zero-order valence-electron chi connectivity index (χ0n) is 34.9. The zero-order chi connectivity index (χ0) is 39.8. The van der Waals surface area contributed by atoms with Gasteiger partial charge in [-0.15, -0.1) is 0 Å². The average Bonchev–Trinajstić information content (AvgIpc) is 3.05. The van der Waals surface area contributed by atoms with Crippen molar-refractivity contribution in [2.45, 2.75) is 183 Å². The molecule has 5 unspecified atom stereocenters. The van der Waals surface area contributed by atoms with Crippen molar-refractivity contribution in [2.75, 3.05) is 6.61 Å². The molecule has 0 aromatic rings. The van der Waals surface area contributed by atoms with Crippen molar-refractivity contribution in [3.05, 3.63) is 11.6 Å². The number of aliphatic hydroxyl groups excluding tert-OH is 1. The second kappa shape index (κ2) is 14.2. The van der Waals surface area contributed by atoms with E-state index in [-0.39, 0.29) is 51.1 Å². The molecule has 4 saturated carbocycles. The minimum Gasteiger partial charge on any atom is -0.463 e. The lowest BCUT2D eigenvalue weighted by molar-refractivity contribution is -0.260. The second-order valence-electron chi connectivity index (χ2n) is 20.4. The molecule has 0 radical (unpaired) electrons. The molecule has 6 aliphatic rings. The predicted octanol–water partition coefficient (Wildman–Crippen LogP) is 7.66. The van der Waals surface area contributed by atoms with Crippen LogP contribution in [0.2, 0.25) is 0 Å². The minimum absolute atomic E-state index is 0.00698. The number of allylic oxidation sites excluding steroid dienone is 2. The van der Waals surface area contributed by atoms with Gasteiger partial charge in [0, 0.05) is 27.7 Å². The van der Waals surface area contributed by atoms with Crippen LogP contribution in [0.3, 0.4) is 0 Å². The van der Waals surface area contributed by atoms with E-state index in [1.54, 1.807) is 5.57 Å². The molecule has 1 N–H and O–H groups in total. The van der Waals surface area contributed by atoms with Crippen LogP contribution in [0.15, 0.2) is 11.6 Å². The molecule has 1 saturated heterocycles. The maximum Gasteiger partial charge on any atom is 0.303 e. The van der Waals surface area contributed by atoms with Gasteiger partial charge in [0.25, 0.3) is 0 Å². The van der Waals surface area contributed by atoms with Crippen molar-refractivity contribution in [3.8, 4) is 0 Å². The molecule has 0 spiro atoms. The van der Waals surface area contributed by atoms with Crippen molar-refractivity contribution < 1.29 is 48.0 Å². The average molecular weight is 757 g/mol. The first kappa shape index (κ1) is 41.2. The van der Waals surface area contributed by atoms with Crippen LogP contribution in [-0.2, 0) is 42.9 Å². The molecule has 10 nitrogen and oxygen atoms in total. The van der Waals surface area contributed by atoms with Gasteiger partial charge in [-0.05, 0) is 121 Å². The van der Waals surface area contributed by atoms with Gasteiger partial charge in [0.1, 0.15) is 12.7 Å². The Morgan fingerprint density at radius 1 is 0.722 bits per heavy atom. The van der Waals surface area contributed by atoms with Crippen molar-refractivity contribution in [1.29, 1.82) is 0 Å². The lowest BCUT2D eigenvalue weighted by Gasteiger charge is -2.71. The molecule has 0 amide bonds. The van der Waals surface area contributed by atoms with Crippen molar-refractivity contribution in [2.24, 2.45) is 50.2 Å². The van der Waals surface area contributed by atoms with Gasteiger partial charge in [0.15, 0.2) is 18.3 Å². The fourth-order valence-electron chi connectivity index (χ4n) is 13.6. The van der Waals surface area contributed by atoms with E-state index in [0.29, 0.717) is 18.3 Å². The third-order valence-electron chi connectivity index (χ3n) is 16.5. The van der Waals surface area contributed by atoms with Gasteiger partial charge in [-0.3, -0.25) is 19.2 Å². The Balaban J connectivity index is 1.40. The van der Waals surface area contributed by atoms with Crippen molar-refractivity contribution >= 4 is 23.9 Å². The molecule has 5 aliphatic carbocycles. The fraction of sp³-hybridized carbons (Fsp3) is 0.864. The monoisotopic (exact) mass is 756 g/mol. The smallest absolute Gasteiger partial charge is 0.303 e. The molecular weight excluding hydrogens is 688 g/mol. The predicted molar refractivity (Wildman–Crippen MR) is 202 cm³/mol. The molecule has 5 fully saturated rings. The molecule has 1 heterocycles. The van der Waals surface area contributed by atoms with E-state index in [0.717, 1.165) is 64.2 Å². The van der Waals surface area contributed by atoms with E-state index in [2.05, 4.69) is 54.5 Å². The summed E-state index contributed by atoms with van der Waals surface area (Å²) in [5.74, 6) is -1.05. The Morgan fingerprint density at radius 3 is 1.93 bits per heavy atom. The van der Waals surface area contributed by atoms with E-state index >= 15 is 0 Å². The normalized spacial score (nSPS) is 44.8. The summed E-state index contributed by atoms with van der Waals surface area (Å²) in [5, 5.41) is 11.2. The highest BCUT2D eigenvalue weighted by atomic mass is 16.7. The van der Waals surface area contributed by atoms with E-state index in [1.807, 2.05) is 0 Å². The summed E-state index contributed by atoms with van der Waals surface area (Å²) in [4.78, 5) is 49.7. The van der Waals surface area contributed by atoms with Crippen LogP contribution < -0.4 is 0 Å². The molecule has 1 aliphatic heterocycles. The summed E-state index contributed by atoms with van der Waals surface area (Å²) >= 11 is 0. The summed E-state index contributed by atoms with van der Waals surface area (Å²) in [6.07, 6.45) is 8.18. The Hall–Kier alpha value is -2.46. The number of carbonyl (C=O) groups is 4. The number of rotatable bonds is 7. The maximum absolute atomic E-state index is 12.7. The van der Waals surface area contributed by atoms with Crippen molar-refractivity contribution in [3.63, 3.8) is 0 Å². The number of hydrogen-bond donors (Lipinski definition) is 1. The highest BCUT2D eigenvalue weighted by Crippen LogP contribution is 2.76.